The first-order valence-electron chi connectivity index (χ1n) is 11.0. The molecule has 1 fully saturated rings. The number of benzene rings is 2. The van der Waals surface area contributed by atoms with Crippen molar-refractivity contribution in [1.82, 2.24) is 9.97 Å². The Morgan fingerprint density at radius 2 is 1.69 bits per heavy atom. The minimum atomic E-state index is -0.0236. The summed E-state index contributed by atoms with van der Waals surface area (Å²) in [6, 6.07) is 16.6. The number of anilines is 3. The zero-order chi connectivity index (χ0) is 22.3. The van der Waals surface area contributed by atoms with Crippen molar-refractivity contribution < 1.29 is 4.79 Å². The van der Waals surface area contributed by atoms with E-state index >= 15 is 0 Å². The maximum Gasteiger partial charge on any atom is 0.234 e. The molecule has 2 aromatic carbocycles. The lowest BCUT2D eigenvalue weighted by atomic mass is 10.1. The lowest BCUT2D eigenvalue weighted by Gasteiger charge is -2.37. The zero-order valence-electron chi connectivity index (χ0n) is 18.6. The fourth-order valence-corrected chi connectivity index (χ4v) is 4.75. The molecule has 1 saturated heterocycles. The van der Waals surface area contributed by atoms with E-state index < -0.39 is 0 Å². The van der Waals surface area contributed by atoms with Gasteiger partial charge >= 0.3 is 0 Å². The number of nitrogens with zero attached hydrogens (tertiary/aromatic N) is 4. The second-order valence-corrected chi connectivity index (χ2v) is 8.76. The molecule has 0 atom stereocenters. The lowest BCUT2D eigenvalue weighted by Crippen LogP contribution is -2.47. The monoisotopic (exact) mass is 447 g/mol. The number of amides is 1. The predicted octanol–water partition coefficient (Wildman–Crippen LogP) is 4.40. The number of thioether (sulfide) groups is 1. The molecule has 0 radical (unpaired) electrons. The van der Waals surface area contributed by atoms with Crippen molar-refractivity contribution in [3.8, 4) is 0 Å². The van der Waals surface area contributed by atoms with Crippen LogP contribution in [-0.4, -0.2) is 47.8 Å². The van der Waals surface area contributed by atoms with Crippen molar-refractivity contribution in [2.24, 2.45) is 0 Å². The highest BCUT2D eigenvalue weighted by Crippen LogP contribution is 2.28. The summed E-state index contributed by atoms with van der Waals surface area (Å²) in [7, 11) is 0. The Bertz CT molecular complexity index is 1050. The normalized spacial score (nSPS) is 13.8. The fourth-order valence-electron chi connectivity index (χ4n) is 3.96. The quantitative estimate of drug-likeness (QED) is 0.542. The third-order valence-electron chi connectivity index (χ3n) is 5.69. The van der Waals surface area contributed by atoms with E-state index in [0.29, 0.717) is 5.75 Å². The van der Waals surface area contributed by atoms with Crippen molar-refractivity contribution in [1.29, 1.82) is 0 Å². The summed E-state index contributed by atoms with van der Waals surface area (Å²) in [5.41, 5.74) is 4.41. The fraction of sp³-hybridized carbons (Fsp3) is 0.320. The first kappa shape index (κ1) is 22.1. The highest BCUT2D eigenvalue weighted by molar-refractivity contribution is 8.00. The van der Waals surface area contributed by atoms with Crippen molar-refractivity contribution in [3.05, 3.63) is 72.1 Å². The molecule has 7 heteroatoms. The van der Waals surface area contributed by atoms with E-state index in [2.05, 4.69) is 62.3 Å². The Labute approximate surface area is 194 Å². The predicted molar refractivity (Wildman–Crippen MR) is 133 cm³/mol. The number of carbonyl (C=O) groups is 1. The highest BCUT2D eigenvalue weighted by Gasteiger charge is 2.21. The Hall–Kier alpha value is -3.06. The standard InChI is InChI=1S/C25H29N5OS/c1-3-20-9-7-8-19(2)23(20)28-22(31)18-32-25-24(26-12-13-27-25)30-16-14-29(15-17-30)21-10-5-4-6-11-21/h4-13H,3,14-18H2,1-2H3,(H,28,31). The van der Waals surface area contributed by atoms with Crippen molar-refractivity contribution in [3.63, 3.8) is 0 Å². The Balaban J connectivity index is 1.38. The lowest BCUT2D eigenvalue weighted by molar-refractivity contribution is -0.113. The molecule has 0 bridgehead atoms. The number of hydrogen-bond acceptors (Lipinski definition) is 6. The number of aryl methyl sites for hydroxylation is 2. The van der Waals surface area contributed by atoms with E-state index in [4.69, 9.17) is 0 Å². The smallest absolute Gasteiger partial charge is 0.234 e. The molecule has 6 nitrogen and oxygen atoms in total. The Morgan fingerprint density at radius 1 is 0.969 bits per heavy atom. The molecule has 0 aliphatic carbocycles. The van der Waals surface area contributed by atoms with Crippen molar-refractivity contribution in [2.45, 2.75) is 25.3 Å². The van der Waals surface area contributed by atoms with Crippen LogP contribution in [0.2, 0.25) is 0 Å². The SMILES string of the molecule is CCc1cccc(C)c1NC(=O)CSc1nccnc1N1CCN(c2ccccc2)CC1. The summed E-state index contributed by atoms with van der Waals surface area (Å²) in [5.74, 6) is 1.14. The van der Waals surface area contributed by atoms with Gasteiger partial charge in [0.05, 0.1) is 5.75 Å². The summed E-state index contributed by atoms with van der Waals surface area (Å²) >= 11 is 1.44. The molecule has 1 N–H and O–H groups in total. The van der Waals surface area contributed by atoms with E-state index in [1.807, 2.05) is 25.1 Å². The van der Waals surface area contributed by atoms with Crippen LogP contribution in [0.4, 0.5) is 17.2 Å². The number of piperazine rings is 1. The van der Waals surface area contributed by atoms with E-state index in [0.717, 1.165) is 60.3 Å². The molecule has 4 rings (SSSR count). The minimum Gasteiger partial charge on any atom is -0.368 e. The van der Waals surface area contributed by atoms with Crippen LogP contribution in [0.5, 0.6) is 0 Å². The van der Waals surface area contributed by atoms with Gasteiger partial charge in [-0.25, -0.2) is 9.97 Å². The van der Waals surface area contributed by atoms with Gasteiger partial charge in [0.1, 0.15) is 5.03 Å². The highest BCUT2D eigenvalue weighted by atomic mass is 32.2. The third-order valence-corrected chi connectivity index (χ3v) is 6.66. The van der Waals surface area contributed by atoms with Crippen LogP contribution in [0.1, 0.15) is 18.1 Å². The van der Waals surface area contributed by atoms with E-state index in [9.17, 15) is 4.79 Å². The third kappa shape index (κ3) is 5.22. The topological polar surface area (TPSA) is 61.4 Å². The minimum absolute atomic E-state index is 0.0236. The summed E-state index contributed by atoms with van der Waals surface area (Å²) in [5, 5.41) is 3.90. The molecule has 166 valence electrons. The van der Waals surface area contributed by atoms with Gasteiger partial charge in [0.15, 0.2) is 5.82 Å². The second kappa shape index (κ2) is 10.5. The van der Waals surface area contributed by atoms with Crippen molar-refractivity contribution >= 4 is 34.9 Å². The number of hydrogen-bond donors (Lipinski definition) is 1. The van der Waals surface area contributed by atoms with Gasteiger partial charge in [-0.1, -0.05) is 55.1 Å². The zero-order valence-corrected chi connectivity index (χ0v) is 19.4. The average Bonchev–Trinajstić information content (AvgIpc) is 2.85. The van der Waals surface area contributed by atoms with Crippen LogP contribution >= 0.6 is 11.8 Å². The Kier molecular flexibility index (Phi) is 7.27. The van der Waals surface area contributed by atoms with Crippen molar-refractivity contribution in [2.75, 3.05) is 47.0 Å². The molecule has 0 saturated carbocycles. The molecule has 1 aromatic heterocycles. The van der Waals surface area contributed by atoms with Gasteiger partial charge in [-0.2, -0.15) is 0 Å². The molecule has 1 amide bonds. The maximum atomic E-state index is 12.7. The van der Waals surface area contributed by atoms with Crippen LogP contribution in [-0.2, 0) is 11.2 Å². The van der Waals surface area contributed by atoms with Gasteiger partial charge in [-0.15, -0.1) is 0 Å². The van der Waals surface area contributed by atoms with Crippen LogP contribution < -0.4 is 15.1 Å². The van der Waals surface area contributed by atoms with E-state index in [1.54, 1.807) is 12.4 Å². The summed E-state index contributed by atoms with van der Waals surface area (Å²) < 4.78 is 0. The van der Waals surface area contributed by atoms with Crippen LogP contribution in [0, 0.1) is 6.92 Å². The molecule has 0 unspecified atom stereocenters. The number of aromatic nitrogens is 2. The van der Waals surface area contributed by atoms with Gasteiger partial charge < -0.3 is 15.1 Å². The molecule has 1 aliphatic rings. The van der Waals surface area contributed by atoms with E-state index in [1.165, 1.54) is 17.4 Å². The summed E-state index contributed by atoms with van der Waals surface area (Å²) in [4.78, 5) is 26.5. The second-order valence-electron chi connectivity index (χ2n) is 7.79. The van der Waals surface area contributed by atoms with Crippen LogP contribution in [0.15, 0.2) is 66.0 Å². The van der Waals surface area contributed by atoms with Gasteiger partial charge in [0.2, 0.25) is 5.91 Å². The molecule has 0 spiro atoms. The van der Waals surface area contributed by atoms with Crippen LogP contribution in [0.25, 0.3) is 0 Å². The van der Waals surface area contributed by atoms with E-state index in [-0.39, 0.29) is 5.91 Å². The van der Waals surface area contributed by atoms with Gasteiger partial charge in [-0.05, 0) is 36.6 Å². The molecule has 2 heterocycles. The van der Waals surface area contributed by atoms with Crippen LogP contribution in [0.3, 0.4) is 0 Å². The number of para-hydroxylation sites is 2. The molecule has 1 aliphatic heterocycles. The summed E-state index contributed by atoms with van der Waals surface area (Å²) in [6.45, 7) is 7.73. The number of rotatable bonds is 7. The Morgan fingerprint density at radius 3 is 2.44 bits per heavy atom. The first-order chi connectivity index (χ1) is 15.7. The average molecular weight is 448 g/mol. The molecule has 32 heavy (non-hydrogen) atoms. The first-order valence-corrected chi connectivity index (χ1v) is 12.0. The van der Waals surface area contributed by atoms with Gasteiger partial charge in [-0.3, -0.25) is 4.79 Å². The largest absolute Gasteiger partial charge is 0.368 e. The number of nitrogens with one attached hydrogen (secondary N) is 1. The number of carbonyl (C=O) groups excluding carboxylic acids is 1. The van der Waals surface area contributed by atoms with Gasteiger partial charge in [0.25, 0.3) is 0 Å². The summed E-state index contributed by atoms with van der Waals surface area (Å²) in [6.07, 6.45) is 4.30. The molecular formula is C25H29N5OS. The van der Waals surface area contributed by atoms with Gasteiger partial charge in [0, 0.05) is 49.9 Å². The maximum absolute atomic E-state index is 12.7. The molecular weight excluding hydrogens is 418 g/mol. The molecule has 3 aromatic rings.